The van der Waals surface area contributed by atoms with E-state index < -0.39 is 5.91 Å². The smallest absolute Gasteiger partial charge is 0.315 e. The van der Waals surface area contributed by atoms with Gasteiger partial charge in [0.1, 0.15) is 5.82 Å². The second kappa shape index (κ2) is 8.94. The SMILES string of the molecule is CC(NC(=O)c1nc(C(C)(C)C)no1)c1ccc(-c2ccnc(NC(=O)C3CC3)c2)cc1Cl. The van der Waals surface area contributed by atoms with Gasteiger partial charge in [0, 0.05) is 22.6 Å². The molecule has 1 unspecified atom stereocenters. The number of halogens is 1. The first-order chi connectivity index (χ1) is 15.6. The predicted octanol–water partition coefficient (Wildman–Crippen LogP) is 4.92. The third kappa shape index (κ3) is 5.39. The lowest BCUT2D eigenvalue weighted by molar-refractivity contribution is -0.117. The van der Waals surface area contributed by atoms with Gasteiger partial charge in [-0.2, -0.15) is 4.98 Å². The Hall–Kier alpha value is -3.26. The maximum atomic E-state index is 12.6. The number of nitrogens with zero attached hydrogens (tertiary/aromatic N) is 3. The van der Waals surface area contributed by atoms with E-state index in [1.807, 2.05) is 58.0 Å². The lowest BCUT2D eigenvalue weighted by Gasteiger charge is -2.16. The Morgan fingerprint density at radius 3 is 2.52 bits per heavy atom. The molecule has 0 radical (unpaired) electrons. The summed E-state index contributed by atoms with van der Waals surface area (Å²) in [7, 11) is 0. The van der Waals surface area contributed by atoms with E-state index in [4.69, 9.17) is 16.1 Å². The number of hydrogen-bond donors (Lipinski definition) is 2. The van der Waals surface area contributed by atoms with Gasteiger partial charge >= 0.3 is 11.8 Å². The van der Waals surface area contributed by atoms with Gasteiger partial charge in [0.2, 0.25) is 5.91 Å². The van der Waals surface area contributed by atoms with Crippen molar-refractivity contribution in [3.8, 4) is 11.1 Å². The number of carbonyl (C=O) groups excluding carboxylic acids is 2. The summed E-state index contributed by atoms with van der Waals surface area (Å²) in [4.78, 5) is 33.0. The summed E-state index contributed by atoms with van der Waals surface area (Å²) in [5, 5.41) is 10.1. The third-order valence-corrected chi connectivity index (χ3v) is 5.73. The van der Waals surface area contributed by atoms with Crippen LogP contribution in [0.2, 0.25) is 5.02 Å². The molecule has 1 saturated carbocycles. The van der Waals surface area contributed by atoms with Gasteiger partial charge in [-0.1, -0.05) is 49.7 Å². The highest BCUT2D eigenvalue weighted by atomic mass is 35.5. The number of benzene rings is 1. The average molecular weight is 468 g/mol. The highest BCUT2D eigenvalue weighted by Crippen LogP contribution is 2.32. The van der Waals surface area contributed by atoms with Crippen LogP contribution in [-0.2, 0) is 10.2 Å². The maximum absolute atomic E-state index is 12.6. The van der Waals surface area contributed by atoms with E-state index in [2.05, 4.69) is 25.8 Å². The summed E-state index contributed by atoms with van der Waals surface area (Å²) in [6.45, 7) is 7.65. The average Bonchev–Trinajstić information content (AvgIpc) is 3.48. The molecule has 1 aliphatic rings. The fourth-order valence-electron chi connectivity index (χ4n) is 3.27. The molecule has 172 valence electrons. The lowest BCUT2D eigenvalue weighted by atomic mass is 9.96. The second-order valence-electron chi connectivity index (χ2n) is 9.30. The van der Waals surface area contributed by atoms with Crippen molar-refractivity contribution in [2.24, 2.45) is 5.92 Å². The summed E-state index contributed by atoms with van der Waals surface area (Å²) in [5.74, 6) is 0.543. The normalized spacial score (nSPS) is 14.6. The Bertz CT molecular complexity index is 1200. The first kappa shape index (κ1) is 22.9. The van der Waals surface area contributed by atoms with Crippen LogP contribution in [0.25, 0.3) is 11.1 Å². The highest BCUT2D eigenvalue weighted by molar-refractivity contribution is 6.31. The number of amides is 2. The fraction of sp³-hybridized carbons (Fsp3) is 0.375. The number of rotatable bonds is 6. The summed E-state index contributed by atoms with van der Waals surface area (Å²) in [6, 6.07) is 8.89. The van der Waals surface area contributed by atoms with Gasteiger partial charge < -0.3 is 15.2 Å². The van der Waals surface area contributed by atoms with Crippen LogP contribution in [0.4, 0.5) is 5.82 Å². The molecular formula is C24H26ClN5O3. The molecule has 33 heavy (non-hydrogen) atoms. The van der Waals surface area contributed by atoms with Crippen molar-refractivity contribution >= 4 is 29.2 Å². The number of aromatic nitrogens is 3. The molecule has 4 rings (SSSR count). The molecule has 2 N–H and O–H groups in total. The zero-order chi connectivity index (χ0) is 23.8. The minimum atomic E-state index is -0.462. The fourth-order valence-corrected chi connectivity index (χ4v) is 3.61. The number of hydrogen-bond acceptors (Lipinski definition) is 6. The minimum absolute atomic E-state index is 0.00784. The van der Waals surface area contributed by atoms with E-state index in [-0.39, 0.29) is 29.2 Å². The molecule has 1 aliphatic carbocycles. The Balaban J connectivity index is 1.46. The van der Waals surface area contributed by atoms with Crippen LogP contribution in [0.5, 0.6) is 0 Å². The molecule has 2 heterocycles. The molecule has 1 aromatic carbocycles. The molecule has 9 heteroatoms. The molecule has 8 nitrogen and oxygen atoms in total. The van der Waals surface area contributed by atoms with Gasteiger partial charge in [-0.3, -0.25) is 9.59 Å². The van der Waals surface area contributed by atoms with Crippen LogP contribution in [0, 0.1) is 5.92 Å². The quantitative estimate of drug-likeness (QED) is 0.532. The Kier molecular flexibility index (Phi) is 6.21. The second-order valence-corrected chi connectivity index (χ2v) is 9.71. The van der Waals surface area contributed by atoms with Gasteiger partial charge in [0.15, 0.2) is 5.82 Å². The molecule has 0 saturated heterocycles. The molecule has 2 aromatic heterocycles. The molecule has 3 aromatic rings. The zero-order valence-electron chi connectivity index (χ0n) is 19.0. The van der Waals surface area contributed by atoms with E-state index in [9.17, 15) is 9.59 Å². The maximum Gasteiger partial charge on any atom is 0.315 e. The standard InChI is InChI=1S/C24H26ClN5O3/c1-13(27-21(32)22-29-23(30-33-22)24(2,3)4)17-8-7-15(11-18(17)25)16-9-10-26-19(12-16)28-20(31)14-5-6-14/h7-14H,5-6H2,1-4H3,(H,27,32)(H,26,28,31). The van der Waals surface area contributed by atoms with Crippen molar-refractivity contribution in [1.82, 2.24) is 20.4 Å². The molecule has 0 spiro atoms. The van der Waals surface area contributed by atoms with E-state index >= 15 is 0 Å². The molecular weight excluding hydrogens is 442 g/mol. The largest absolute Gasteiger partial charge is 0.341 e. The van der Waals surface area contributed by atoms with Crippen LogP contribution in [0.15, 0.2) is 41.1 Å². The van der Waals surface area contributed by atoms with Crippen molar-refractivity contribution in [2.75, 3.05) is 5.32 Å². The van der Waals surface area contributed by atoms with Crippen molar-refractivity contribution in [2.45, 2.75) is 52.0 Å². The van der Waals surface area contributed by atoms with Gasteiger partial charge in [-0.05, 0) is 54.7 Å². The van der Waals surface area contributed by atoms with Gasteiger partial charge in [0.25, 0.3) is 0 Å². The molecule has 1 atom stereocenters. The van der Waals surface area contributed by atoms with Gasteiger partial charge in [0.05, 0.1) is 6.04 Å². The number of nitrogens with one attached hydrogen (secondary N) is 2. The Morgan fingerprint density at radius 1 is 1.15 bits per heavy atom. The van der Waals surface area contributed by atoms with E-state index in [1.54, 1.807) is 6.20 Å². The number of pyridine rings is 1. The van der Waals surface area contributed by atoms with Crippen LogP contribution in [0.1, 0.15) is 68.7 Å². The zero-order valence-corrected chi connectivity index (χ0v) is 19.7. The van der Waals surface area contributed by atoms with Crippen molar-refractivity contribution in [1.29, 1.82) is 0 Å². The van der Waals surface area contributed by atoms with E-state index in [0.717, 1.165) is 29.5 Å². The Labute approximate surface area is 197 Å². The predicted molar refractivity (Wildman–Crippen MR) is 125 cm³/mol. The monoisotopic (exact) mass is 467 g/mol. The molecule has 1 fully saturated rings. The Morgan fingerprint density at radius 2 is 1.88 bits per heavy atom. The summed E-state index contributed by atoms with van der Waals surface area (Å²) in [6.07, 6.45) is 3.52. The summed E-state index contributed by atoms with van der Waals surface area (Å²) < 4.78 is 5.11. The van der Waals surface area contributed by atoms with Crippen molar-refractivity contribution < 1.29 is 14.1 Å². The minimum Gasteiger partial charge on any atom is -0.341 e. The van der Waals surface area contributed by atoms with Crippen molar-refractivity contribution in [3.05, 3.63) is 58.8 Å². The van der Waals surface area contributed by atoms with Gasteiger partial charge in [-0.25, -0.2) is 4.98 Å². The molecule has 2 amide bonds. The van der Waals surface area contributed by atoms with Crippen LogP contribution >= 0.6 is 11.6 Å². The molecule has 0 aliphatic heterocycles. The first-order valence-electron chi connectivity index (χ1n) is 10.8. The van der Waals surface area contributed by atoms with Crippen LogP contribution in [0.3, 0.4) is 0 Å². The van der Waals surface area contributed by atoms with E-state index in [1.165, 1.54) is 0 Å². The lowest BCUT2D eigenvalue weighted by Crippen LogP contribution is -2.27. The first-order valence-corrected chi connectivity index (χ1v) is 11.2. The highest BCUT2D eigenvalue weighted by Gasteiger charge is 2.30. The number of carbonyl (C=O) groups is 2. The summed E-state index contributed by atoms with van der Waals surface area (Å²) >= 11 is 6.55. The van der Waals surface area contributed by atoms with Crippen molar-refractivity contribution in [3.63, 3.8) is 0 Å². The van der Waals surface area contributed by atoms with Crippen LogP contribution < -0.4 is 10.6 Å². The summed E-state index contributed by atoms with van der Waals surface area (Å²) in [5.41, 5.74) is 2.18. The number of anilines is 1. The topological polar surface area (TPSA) is 110 Å². The van der Waals surface area contributed by atoms with Gasteiger partial charge in [-0.15, -0.1) is 0 Å². The molecule has 0 bridgehead atoms. The van der Waals surface area contributed by atoms with E-state index in [0.29, 0.717) is 16.7 Å². The third-order valence-electron chi connectivity index (χ3n) is 5.40. The van der Waals surface area contributed by atoms with Crippen LogP contribution in [-0.4, -0.2) is 26.9 Å².